The van der Waals surface area contributed by atoms with E-state index in [0.29, 0.717) is 19.4 Å². The van der Waals surface area contributed by atoms with E-state index in [1.807, 2.05) is 36.4 Å². The van der Waals surface area contributed by atoms with Gasteiger partial charge in [0.15, 0.2) is 0 Å². The number of hydrogen-bond acceptors (Lipinski definition) is 3. The zero-order valence-electron chi connectivity index (χ0n) is 16.3. The van der Waals surface area contributed by atoms with Crippen LogP contribution in [0.5, 0.6) is 0 Å². The van der Waals surface area contributed by atoms with Gasteiger partial charge in [-0.15, -0.1) is 0 Å². The minimum Gasteiger partial charge on any atom is -0.338 e. The van der Waals surface area contributed by atoms with E-state index in [0.717, 1.165) is 35.6 Å². The molecule has 2 aliphatic carbocycles. The van der Waals surface area contributed by atoms with Crippen LogP contribution in [-0.4, -0.2) is 16.8 Å². The van der Waals surface area contributed by atoms with Gasteiger partial charge in [-0.1, -0.05) is 31.0 Å². The molecule has 2 unspecified atom stereocenters. The molecule has 152 valence electrons. The van der Waals surface area contributed by atoms with Gasteiger partial charge in [-0.3, -0.25) is 4.79 Å². The summed E-state index contributed by atoms with van der Waals surface area (Å²) in [7, 11) is 0. The molecule has 5 rings (SSSR count). The minimum atomic E-state index is -2.64. The molecular formula is C23H25F2N3O. The first-order chi connectivity index (χ1) is 14.0. The van der Waals surface area contributed by atoms with Crippen molar-refractivity contribution in [3.05, 3.63) is 48.2 Å². The summed E-state index contributed by atoms with van der Waals surface area (Å²) < 4.78 is 29.6. The van der Waals surface area contributed by atoms with Gasteiger partial charge in [-0.2, -0.15) is 0 Å². The van der Waals surface area contributed by atoms with E-state index in [1.165, 1.54) is 0 Å². The zero-order valence-corrected chi connectivity index (χ0v) is 16.3. The number of anilines is 3. The van der Waals surface area contributed by atoms with Crippen molar-refractivity contribution in [2.24, 2.45) is 17.8 Å². The Hall–Kier alpha value is -2.50. The fourth-order valence-electron chi connectivity index (χ4n) is 5.33. The van der Waals surface area contributed by atoms with Gasteiger partial charge in [-0.25, -0.2) is 13.8 Å². The molecule has 1 N–H and O–H groups in total. The quantitative estimate of drug-likeness (QED) is 0.689. The number of nitrogens with one attached hydrogen (secondary N) is 1. The maximum atomic E-state index is 14.8. The largest absolute Gasteiger partial charge is 0.338 e. The molecule has 0 radical (unpaired) electrons. The lowest BCUT2D eigenvalue weighted by Gasteiger charge is -2.41. The summed E-state index contributed by atoms with van der Waals surface area (Å²) in [6, 6.07) is 11.5. The molecule has 4 nitrogen and oxygen atoms in total. The van der Waals surface area contributed by atoms with E-state index in [4.69, 9.17) is 0 Å². The van der Waals surface area contributed by atoms with Crippen LogP contribution in [0.25, 0.3) is 0 Å². The number of amides is 1. The zero-order chi connectivity index (χ0) is 20.0. The van der Waals surface area contributed by atoms with Crippen molar-refractivity contribution in [2.45, 2.75) is 51.0 Å². The normalized spacial score (nSPS) is 27.7. The summed E-state index contributed by atoms with van der Waals surface area (Å²) in [5.41, 5.74) is 2.53. The topological polar surface area (TPSA) is 45.2 Å². The summed E-state index contributed by atoms with van der Waals surface area (Å²) in [4.78, 5) is 19.9. The summed E-state index contributed by atoms with van der Waals surface area (Å²) in [5, 5.41) is 3.33. The number of benzene rings is 1. The summed E-state index contributed by atoms with van der Waals surface area (Å²) in [5.74, 6) is -3.64. The highest BCUT2D eigenvalue weighted by Gasteiger charge is 2.53. The smallest absolute Gasteiger partial charge is 0.253 e. The number of aromatic nitrogens is 1. The first-order valence-corrected chi connectivity index (χ1v) is 10.5. The second-order valence-electron chi connectivity index (χ2n) is 8.60. The van der Waals surface area contributed by atoms with Crippen LogP contribution in [0.1, 0.15) is 44.1 Å². The van der Waals surface area contributed by atoms with Crippen LogP contribution >= 0.6 is 0 Å². The van der Waals surface area contributed by atoms with Gasteiger partial charge >= 0.3 is 0 Å². The molecule has 2 saturated carbocycles. The molecule has 0 saturated heterocycles. The molecule has 3 aliphatic rings. The van der Waals surface area contributed by atoms with Crippen molar-refractivity contribution >= 4 is 23.1 Å². The van der Waals surface area contributed by atoms with Crippen molar-refractivity contribution in [2.75, 3.05) is 10.2 Å². The lowest BCUT2D eigenvalue weighted by Crippen LogP contribution is -2.47. The molecule has 2 bridgehead atoms. The molecule has 2 fully saturated rings. The van der Waals surface area contributed by atoms with Gasteiger partial charge in [0.1, 0.15) is 5.82 Å². The van der Waals surface area contributed by atoms with Crippen molar-refractivity contribution in [3.8, 4) is 0 Å². The molecule has 1 aromatic carbocycles. The lowest BCUT2D eigenvalue weighted by atomic mass is 9.71. The van der Waals surface area contributed by atoms with Gasteiger partial charge < -0.3 is 10.2 Å². The SMILES string of the molecule is O=C(C1CC2CCCCC(C1)C2(F)F)N1Cc2cccnc2Nc2ccccc21. The van der Waals surface area contributed by atoms with Crippen molar-refractivity contribution in [3.63, 3.8) is 0 Å². The molecule has 1 aromatic heterocycles. The van der Waals surface area contributed by atoms with Gasteiger partial charge in [-0.05, 0) is 43.9 Å². The van der Waals surface area contributed by atoms with Crippen molar-refractivity contribution < 1.29 is 13.6 Å². The third kappa shape index (κ3) is 3.18. The molecule has 0 spiro atoms. The molecule has 2 heterocycles. The molecule has 2 aromatic rings. The Balaban J connectivity index is 1.49. The average molecular weight is 397 g/mol. The number of nitrogens with zero attached hydrogens (tertiary/aromatic N) is 2. The molecule has 1 aliphatic heterocycles. The van der Waals surface area contributed by atoms with E-state index in [-0.39, 0.29) is 24.7 Å². The first-order valence-electron chi connectivity index (χ1n) is 10.5. The molecular weight excluding hydrogens is 372 g/mol. The van der Waals surface area contributed by atoms with Crippen LogP contribution < -0.4 is 10.2 Å². The number of rotatable bonds is 1. The fraction of sp³-hybridized carbons (Fsp3) is 0.478. The number of para-hydroxylation sites is 2. The van der Waals surface area contributed by atoms with Gasteiger partial charge in [0, 0.05) is 29.5 Å². The average Bonchev–Trinajstić information content (AvgIpc) is 2.89. The Morgan fingerprint density at radius 3 is 2.55 bits per heavy atom. The van der Waals surface area contributed by atoms with Crippen LogP contribution in [0.4, 0.5) is 26.0 Å². The van der Waals surface area contributed by atoms with Crippen LogP contribution in [-0.2, 0) is 11.3 Å². The maximum absolute atomic E-state index is 14.8. The highest BCUT2D eigenvalue weighted by atomic mass is 19.3. The van der Waals surface area contributed by atoms with Crippen molar-refractivity contribution in [1.82, 2.24) is 4.98 Å². The highest BCUT2D eigenvalue weighted by Crippen LogP contribution is 2.52. The van der Waals surface area contributed by atoms with Crippen molar-refractivity contribution in [1.29, 1.82) is 0 Å². The number of carbonyl (C=O) groups is 1. The standard InChI is InChI=1S/C23H25F2N3O/c24-23(25)17-7-1-2-8-18(23)13-16(12-17)22(29)28-14-15-6-5-11-26-21(15)27-19-9-3-4-10-20(19)28/h3-6,9-11,16-18H,1-2,7-8,12-14H2,(H,26,27). The number of halogens is 2. The summed E-state index contributed by atoms with van der Waals surface area (Å²) >= 11 is 0. The maximum Gasteiger partial charge on any atom is 0.253 e. The Kier molecular flexibility index (Phi) is 4.52. The lowest BCUT2D eigenvalue weighted by molar-refractivity contribution is -0.151. The van der Waals surface area contributed by atoms with Gasteiger partial charge in [0.2, 0.25) is 5.91 Å². The Bertz CT molecular complexity index is 914. The number of hydrogen-bond donors (Lipinski definition) is 1. The van der Waals surface area contributed by atoms with Crippen LogP contribution in [0.2, 0.25) is 0 Å². The Morgan fingerprint density at radius 1 is 1.07 bits per heavy atom. The summed E-state index contributed by atoms with van der Waals surface area (Å²) in [6.07, 6.45) is 5.03. The van der Waals surface area contributed by atoms with E-state index in [9.17, 15) is 13.6 Å². The molecule has 6 heteroatoms. The van der Waals surface area contributed by atoms with Gasteiger partial charge in [0.25, 0.3) is 5.92 Å². The predicted octanol–water partition coefficient (Wildman–Crippen LogP) is 5.52. The molecule has 29 heavy (non-hydrogen) atoms. The first kappa shape index (κ1) is 18.5. The third-order valence-electron chi connectivity index (χ3n) is 6.86. The molecule has 1 amide bonds. The van der Waals surface area contributed by atoms with E-state index in [1.54, 1.807) is 11.1 Å². The van der Waals surface area contributed by atoms with Crippen LogP contribution in [0, 0.1) is 17.8 Å². The number of pyridine rings is 1. The van der Waals surface area contributed by atoms with E-state index in [2.05, 4.69) is 10.3 Å². The van der Waals surface area contributed by atoms with Gasteiger partial charge in [0.05, 0.1) is 17.9 Å². The monoisotopic (exact) mass is 397 g/mol. The second kappa shape index (κ2) is 7.08. The van der Waals surface area contributed by atoms with Crippen LogP contribution in [0.3, 0.4) is 0 Å². The van der Waals surface area contributed by atoms with Crippen LogP contribution in [0.15, 0.2) is 42.6 Å². The minimum absolute atomic E-state index is 0.0386. The third-order valence-corrected chi connectivity index (χ3v) is 6.86. The Labute approximate surface area is 169 Å². The highest BCUT2D eigenvalue weighted by molar-refractivity contribution is 5.99. The number of alkyl halides is 2. The Morgan fingerprint density at radius 2 is 1.79 bits per heavy atom. The fourth-order valence-corrected chi connectivity index (χ4v) is 5.33. The van der Waals surface area contributed by atoms with E-state index >= 15 is 0 Å². The predicted molar refractivity (Wildman–Crippen MR) is 108 cm³/mol. The van der Waals surface area contributed by atoms with E-state index < -0.39 is 17.8 Å². The molecule has 2 atom stereocenters. The number of carbonyl (C=O) groups excluding carboxylic acids is 1. The summed E-state index contributed by atoms with van der Waals surface area (Å²) in [6.45, 7) is 0.397. The second-order valence-corrected chi connectivity index (χ2v) is 8.60. The number of fused-ring (bicyclic) bond motifs is 4.